The molecule has 2 aromatic carbocycles. The van der Waals surface area contributed by atoms with Crippen LogP contribution in [0.3, 0.4) is 0 Å². The van der Waals surface area contributed by atoms with Gasteiger partial charge in [-0.25, -0.2) is 26.2 Å². The van der Waals surface area contributed by atoms with Crippen LogP contribution < -0.4 is 9.44 Å². The summed E-state index contributed by atoms with van der Waals surface area (Å²) in [5.74, 6) is 0. The van der Waals surface area contributed by atoms with E-state index in [0.29, 0.717) is 11.4 Å². The van der Waals surface area contributed by atoms with Crippen molar-refractivity contribution in [3.05, 3.63) is 67.0 Å². The Morgan fingerprint density at radius 3 is 2.11 bits per heavy atom. The van der Waals surface area contributed by atoms with Crippen LogP contribution in [-0.4, -0.2) is 32.7 Å². The summed E-state index contributed by atoms with van der Waals surface area (Å²) >= 11 is 0. The maximum atomic E-state index is 12.8. The Labute approximate surface area is 163 Å². The number of nitrogens with one attached hydrogen (secondary N) is 2. The number of benzene rings is 2. The van der Waals surface area contributed by atoms with E-state index in [0.717, 1.165) is 12.8 Å². The number of hydrogen-bond donors (Lipinski definition) is 2. The number of anilines is 1. The van der Waals surface area contributed by atoms with E-state index in [1.165, 1.54) is 24.3 Å². The van der Waals surface area contributed by atoms with Crippen LogP contribution in [0.1, 0.15) is 12.8 Å². The van der Waals surface area contributed by atoms with Crippen molar-refractivity contribution in [1.82, 2.24) is 14.5 Å². The van der Waals surface area contributed by atoms with Gasteiger partial charge in [-0.1, -0.05) is 12.1 Å². The van der Waals surface area contributed by atoms with Crippen molar-refractivity contribution in [2.45, 2.75) is 28.7 Å². The summed E-state index contributed by atoms with van der Waals surface area (Å²) in [4.78, 5) is 0.00318. The molecule has 0 amide bonds. The molecule has 0 saturated heterocycles. The van der Waals surface area contributed by atoms with E-state index in [2.05, 4.69) is 14.5 Å². The normalized spacial score (nSPS) is 14.7. The van der Waals surface area contributed by atoms with E-state index in [1.807, 2.05) is 0 Å². The van der Waals surface area contributed by atoms with E-state index >= 15 is 0 Å². The molecule has 0 atom stereocenters. The van der Waals surface area contributed by atoms with E-state index in [9.17, 15) is 16.8 Å². The van der Waals surface area contributed by atoms with Crippen LogP contribution in [0.4, 0.5) is 5.69 Å². The molecular formula is C18H18N4O4S2. The van der Waals surface area contributed by atoms with Gasteiger partial charge in [-0.15, -0.1) is 0 Å². The number of aromatic nitrogens is 2. The molecular weight excluding hydrogens is 400 g/mol. The van der Waals surface area contributed by atoms with Gasteiger partial charge in [0.1, 0.15) is 0 Å². The minimum Gasteiger partial charge on any atom is -0.277 e. The Hall–Kier alpha value is -2.69. The third-order valence-electron chi connectivity index (χ3n) is 4.24. The Balaban J connectivity index is 1.60. The molecule has 1 heterocycles. The Morgan fingerprint density at radius 1 is 0.857 bits per heavy atom. The summed E-state index contributed by atoms with van der Waals surface area (Å²) in [5, 5.41) is 4.13. The van der Waals surface area contributed by atoms with Crippen molar-refractivity contribution in [1.29, 1.82) is 0 Å². The molecule has 1 aliphatic carbocycles. The van der Waals surface area contributed by atoms with Gasteiger partial charge >= 0.3 is 0 Å². The van der Waals surface area contributed by atoms with E-state index < -0.39 is 20.0 Å². The molecule has 1 aromatic heterocycles. The number of para-hydroxylation sites is 2. The lowest BCUT2D eigenvalue weighted by atomic mass is 10.3. The lowest BCUT2D eigenvalue weighted by Gasteiger charge is -2.13. The fourth-order valence-electron chi connectivity index (χ4n) is 2.66. The number of rotatable bonds is 7. The molecule has 0 aliphatic heterocycles. The summed E-state index contributed by atoms with van der Waals surface area (Å²) in [7, 11) is -7.54. The lowest BCUT2D eigenvalue weighted by molar-refractivity contribution is 0.580. The summed E-state index contributed by atoms with van der Waals surface area (Å²) in [6, 6.07) is 13.7. The highest BCUT2D eigenvalue weighted by Gasteiger charge is 2.28. The molecule has 0 unspecified atom stereocenters. The summed E-state index contributed by atoms with van der Waals surface area (Å²) < 4.78 is 56.6. The summed E-state index contributed by atoms with van der Waals surface area (Å²) in [5.41, 5.74) is 0.933. The van der Waals surface area contributed by atoms with Crippen LogP contribution >= 0.6 is 0 Å². The number of hydrogen-bond acceptors (Lipinski definition) is 5. The van der Waals surface area contributed by atoms with Crippen molar-refractivity contribution in [2.75, 3.05) is 4.72 Å². The summed E-state index contributed by atoms with van der Waals surface area (Å²) in [6.45, 7) is 0. The fourth-order valence-corrected chi connectivity index (χ4v) is 5.04. The average molecular weight is 419 g/mol. The van der Waals surface area contributed by atoms with Gasteiger partial charge in [0.25, 0.3) is 10.0 Å². The second kappa shape index (κ2) is 7.04. The SMILES string of the molecule is O=S(=O)(Nc1ccccc1-n1cccn1)c1ccc(S(=O)(=O)NC2CC2)cc1. The first-order valence-electron chi connectivity index (χ1n) is 8.59. The van der Waals surface area contributed by atoms with Crippen LogP contribution in [-0.2, 0) is 20.0 Å². The van der Waals surface area contributed by atoms with Crippen molar-refractivity contribution in [3.8, 4) is 5.69 Å². The van der Waals surface area contributed by atoms with Gasteiger partial charge in [-0.3, -0.25) is 4.72 Å². The zero-order valence-electron chi connectivity index (χ0n) is 14.7. The fraction of sp³-hybridized carbons (Fsp3) is 0.167. The van der Waals surface area contributed by atoms with Gasteiger partial charge in [0, 0.05) is 18.4 Å². The monoisotopic (exact) mass is 418 g/mol. The quantitative estimate of drug-likeness (QED) is 0.611. The predicted octanol–water partition coefficient (Wildman–Crippen LogP) is 2.11. The van der Waals surface area contributed by atoms with Crippen molar-refractivity contribution in [3.63, 3.8) is 0 Å². The molecule has 1 fully saturated rings. The van der Waals surface area contributed by atoms with Crippen LogP contribution in [0, 0.1) is 0 Å². The largest absolute Gasteiger partial charge is 0.277 e. The van der Waals surface area contributed by atoms with Crippen molar-refractivity contribution < 1.29 is 16.8 Å². The van der Waals surface area contributed by atoms with Crippen LogP contribution in [0.5, 0.6) is 0 Å². The van der Waals surface area contributed by atoms with Crippen LogP contribution in [0.15, 0.2) is 76.8 Å². The van der Waals surface area contributed by atoms with Crippen molar-refractivity contribution >= 4 is 25.7 Å². The molecule has 2 N–H and O–H groups in total. The third-order valence-corrected chi connectivity index (χ3v) is 7.16. The molecule has 146 valence electrons. The molecule has 0 spiro atoms. The molecule has 3 aromatic rings. The highest BCUT2D eigenvalue weighted by molar-refractivity contribution is 7.92. The zero-order chi connectivity index (χ0) is 19.8. The first-order chi connectivity index (χ1) is 13.4. The van der Waals surface area contributed by atoms with Crippen molar-refractivity contribution in [2.24, 2.45) is 0 Å². The zero-order valence-corrected chi connectivity index (χ0v) is 16.3. The molecule has 4 rings (SSSR count). The van der Waals surface area contributed by atoms with E-state index in [1.54, 1.807) is 47.4 Å². The number of nitrogens with zero attached hydrogens (tertiary/aromatic N) is 2. The minimum absolute atomic E-state index is 0.0196. The van der Waals surface area contributed by atoms with E-state index in [-0.39, 0.29) is 15.8 Å². The molecule has 8 nitrogen and oxygen atoms in total. The Bertz CT molecular complexity index is 1180. The minimum atomic E-state index is -3.91. The van der Waals surface area contributed by atoms with Gasteiger partial charge in [-0.05, 0) is 55.3 Å². The van der Waals surface area contributed by atoms with Gasteiger partial charge in [-0.2, -0.15) is 5.10 Å². The Kier molecular flexibility index (Phi) is 4.69. The molecule has 1 aliphatic rings. The second-order valence-corrected chi connectivity index (χ2v) is 9.84. The predicted molar refractivity (Wildman–Crippen MR) is 104 cm³/mol. The molecule has 1 saturated carbocycles. The van der Waals surface area contributed by atoms with Crippen LogP contribution in [0.25, 0.3) is 5.69 Å². The topological polar surface area (TPSA) is 110 Å². The van der Waals surface area contributed by atoms with Gasteiger partial charge < -0.3 is 0 Å². The maximum absolute atomic E-state index is 12.8. The highest BCUT2D eigenvalue weighted by atomic mass is 32.2. The van der Waals surface area contributed by atoms with E-state index in [4.69, 9.17) is 0 Å². The lowest BCUT2D eigenvalue weighted by Crippen LogP contribution is -2.25. The molecule has 28 heavy (non-hydrogen) atoms. The van der Waals surface area contributed by atoms with Gasteiger partial charge in [0.2, 0.25) is 10.0 Å². The maximum Gasteiger partial charge on any atom is 0.261 e. The van der Waals surface area contributed by atoms with Gasteiger partial charge in [0.05, 0.1) is 21.2 Å². The molecule has 0 bridgehead atoms. The molecule has 0 radical (unpaired) electrons. The first-order valence-corrected chi connectivity index (χ1v) is 11.6. The third kappa shape index (κ3) is 3.93. The summed E-state index contributed by atoms with van der Waals surface area (Å²) in [6.07, 6.45) is 4.95. The smallest absolute Gasteiger partial charge is 0.261 e. The van der Waals surface area contributed by atoms with Gasteiger partial charge in [0.15, 0.2) is 0 Å². The highest BCUT2D eigenvalue weighted by Crippen LogP contribution is 2.25. The average Bonchev–Trinajstić information content (AvgIpc) is 3.30. The number of sulfonamides is 2. The Morgan fingerprint density at radius 2 is 1.50 bits per heavy atom. The standard InChI is InChI=1S/C18H18N4O4S2/c23-27(24,20-14-6-7-14)15-8-10-16(11-9-15)28(25,26)21-17-4-1-2-5-18(17)22-13-3-12-19-22/h1-5,8-14,20-21H,6-7H2. The van der Waals surface area contributed by atoms with Crippen LogP contribution in [0.2, 0.25) is 0 Å². The first kappa shape index (κ1) is 18.7. The molecule has 10 heteroatoms. The second-order valence-electron chi connectivity index (χ2n) is 6.44.